The van der Waals surface area contributed by atoms with Crippen molar-refractivity contribution < 1.29 is 0 Å². The summed E-state index contributed by atoms with van der Waals surface area (Å²) in [5.41, 5.74) is 5.81. The maximum absolute atomic E-state index is 5.81. The lowest BCUT2D eigenvalue weighted by Crippen LogP contribution is -2.61. The van der Waals surface area contributed by atoms with E-state index >= 15 is 0 Å². The minimum Gasteiger partial charge on any atom is -0.329 e. The zero-order valence-electron chi connectivity index (χ0n) is 9.15. The van der Waals surface area contributed by atoms with Gasteiger partial charge in [0.25, 0.3) is 0 Å². The van der Waals surface area contributed by atoms with Crippen LogP contribution in [0.5, 0.6) is 0 Å². The SMILES string of the molecule is CC(CN)N1C2CC3CC(C2)CC1C3. The number of rotatable bonds is 2. The van der Waals surface area contributed by atoms with Gasteiger partial charge in [0.1, 0.15) is 0 Å². The first-order chi connectivity index (χ1) is 6.78. The van der Waals surface area contributed by atoms with Crippen LogP contribution in [0.4, 0.5) is 0 Å². The average Bonchev–Trinajstić information content (AvgIpc) is 2.15. The van der Waals surface area contributed by atoms with Crippen LogP contribution >= 0.6 is 0 Å². The Balaban J connectivity index is 1.81. The van der Waals surface area contributed by atoms with Gasteiger partial charge in [-0.1, -0.05) is 0 Å². The second-order valence-corrected chi connectivity index (χ2v) is 5.75. The molecule has 2 heteroatoms. The molecule has 4 rings (SSSR count). The molecule has 14 heavy (non-hydrogen) atoms. The van der Waals surface area contributed by atoms with E-state index < -0.39 is 0 Å². The molecule has 4 fully saturated rings. The fraction of sp³-hybridized carbons (Fsp3) is 1.00. The molecule has 2 aliphatic carbocycles. The number of nitrogens with zero attached hydrogens (tertiary/aromatic N) is 1. The topological polar surface area (TPSA) is 29.3 Å². The molecule has 0 radical (unpaired) electrons. The molecule has 1 unspecified atom stereocenters. The maximum Gasteiger partial charge on any atom is 0.0196 e. The molecule has 2 heterocycles. The molecule has 0 spiro atoms. The molecular weight excluding hydrogens is 172 g/mol. The minimum atomic E-state index is 0.616. The highest BCUT2D eigenvalue weighted by molar-refractivity contribution is 5.02. The van der Waals surface area contributed by atoms with E-state index in [2.05, 4.69) is 11.8 Å². The highest BCUT2D eigenvalue weighted by Crippen LogP contribution is 2.49. The molecule has 1 atom stereocenters. The normalized spacial score (nSPS) is 48.4. The summed E-state index contributed by atoms with van der Waals surface area (Å²) in [5.74, 6) is 2.14. The number of piperidine rings is 2. The Labute approximate surface area is 86.8 Å². The second kappa shape index (κ2) is 3.21. The number of nitrogens with two attached hydrogens (primary N) is 1. The molecule has 4 aliphatic rings. The van der Waals surface area contributed by atoms with Gasteiger partial charge in [-0.05, 0) is 50.9 Å². The van der Waals surface area contributed by atoms with Crippen molar-refractivity contribution >= 4 is 0 Å². The molecule has 0 aromatic rings. The molecule has 0 amide bonds. The van der Waals surface area contributed by atoms with E-state index in [1.165, 1.54) is 32.1 Å². The Kier molecular flexibility index (Phi) is 2.10. The molecule has 2 saturated carbocycles. The summed E-state index contributed by atoms with van der Waals surface area (Å²) in [5, 5.41) is 0. The van der Waals surface area contributed by atoms with Crippen LogP contribution < -0.4 is 5.73 Å². The predicted octanol–water partition coefficient (Wildman–Crippen LogP) is 1.60. The monoisotopic (exact) mass is 194 g/mol. The minimum absolute atomic E-state index is 0.616. The van der Waals surface area contributed by atoms with Crippen LogP contribution in [0.2, 0.25) is 0 Å². The van der Waals surface area contributed by atoms with Crippen molar-refractivity contribution in [2.45, 2.75) is 57.2 Å². The first kappa shape index (κ1) is 9.17. The highest BCUT2D eigenvalue weighted by atomic mass is 15.2. The van der Waals surface area contributed by atoms with Crippen LogP contribution in [-0.4, -0.2) is 29.6 Å². The molecule has 0 aromatic heterocycles. The summed E-state index contributed by atoms with van der Waals surface area (Å²) in [6.45, 7) is 3.14. The molecule has 2 N–H and O–H groups in total. The van der Waals surface area contributed by atoms with Crippen molar-refractivity contribution in [3.05, 3.63) is 0 Å². The van der Waals surface area contributed by atoms with E-state index in [1.807, 2.05) is 0 Å². The summed E-state index contributed by atoms with van der Waals surface area (Å²) < 4.78 is 0. The van der Waals surface area contributed by atoms with Crippen LogP contribution in [0.15, 0.2) is 0 Å². The largest absolute Gasteiger partial charge is 0.329 e. The molecule has 2 aliphatic heterocycles. The quantitative estimate of drug-likeness (QED) is 0.723. The Morgan fingerprint density at radius 1 is 1.07 bits per heavy atom. The highest BCUT2D eigenvalue weighted by Gasteiger charge is 2.47. The van der Waals surface area contributed by atoms with Crippen LogP contribution in [-0.2, 0) is 0 Å². The first-order valence-electron chi connectivity index (χ1n) is 6.25. The summed E-state index contributed by atoms with van der Waals surface area (Å²) in [7, 11) is 0. The van der Waals surface area contributed by atoms with Gasteiger partial charge < -0.3 is 5.73 Å². The van der Waals surface area contributed by atoms with Crippen molar-refractivity contribution in [2.24, 2.45) is 17.6 Å². The third-order valence-corrected chi connectivity index (χ3v) is 4.78. The van der Waals surface area contributed by atoms with E-state index in [9.17, 15) is 0 Å². The van der Waals surface area contributed by atoms with E-state index in [0.29, 0.717) is 6.04 Å². The van der Waals surface area contributed by atoms with Crippen LogP contribution in [0.1, 0.15) is 39.0 Å². The smallest absolute Gasteiger partial charge is 0.0196 e. The zero-order chi connectivity index (χ0) is 9.71. The second-order valence-electron chi connectivity index (χ2n) is 5.75. The van der Waals surface area contributed by atoms with Crippen molar-refractivity contribution in [2.75, 3.05) is 6.54 Å². The van der Waals surface area contributed by atoms with Gasteiger partial charge in [-0.15, -0.1) is 0 Å². The van der Waals surface area contributed by atoms with Gasteiger partial charge in [0.05, 0.1) is 0 Å². The summed E-state index contributed by atoms with van der Waals surface area (Å²) in [4.78, 5) is 2.76. The van der Waals surface area contributed by atoms with Crippen molar-refractivity contribution in [1.29, 1.82) is 0 Å². The summed E-state index contributed by atoms with van der Waals surface area (Å²) >= 11 is 0. The third kappa shape index (κ3) is 1.24. The summed E-state index contributed by atoms with van der Waals surface area (Å²) in [6.07, 6.45) is 7.42. The lowest BCUT2D eigenvalue weighted by Gasteiger charge is -2.58. The van der Waals surface area contributed by atoms with Crippen LogP contribution in [0.3, 0.4) is 0 Å². The Hall–Kier alpha value is -0.0800. The van der Waals surface area contributed by atoms with Gasteiger partial charge in [-0.25, -0.2) is 0 Å². The molecule has 4 bridgehead atoms. The van der Waals surface area contributed by atoms with Gasteiger partial charge in [0, 0.05) is 24.7 Å². The molecule has 2 nitrogen and oxygen atoms in total. The Morgan fingerprint density at radius 3 is 2.00 bits per heavy atom. The third-order valence-electron chi connectivity index (χ3n) is 4.78. The van der Waals surface area contributed by atoms with E-state index in [-0.39, 0.29) is 0 Å². The van der Waals surface area contributed by atoms with Crippen LogP contribution in [0.25, 0.3) is 0 Å². The van der Waals surface area contributed by atoms with Crippen LogP contribution in [0, 0.1) is 11.8 Å². The van der Waals surface area contributed by atoms with Gasteiger partial charge >= 0.3 is 0 Å². The van der Waals surface area contributed by atoms with Crippen molar-refractivity contribution in [3.8, 4) is 0 Å². The lowest BCUT2D eigenvalue weighted by atomic mass is 9.63. The van der Waals surface area contributed by atoms with E-state index in [4.69, 9.17) is 5.73 Å². The van der Waals surface area contributed by atoms with Crippen molar-refractivity contribution in [3.63, 3.8) is 0 Å². The summed E-state index contributed by atoms with van der Waals surface area (Å²) in [6, 6.07) is 2.40. The molecule has 2 saturated heterocycles. The molecule has 80 valence electrons. The molecular formula is C12H22N2. The average molecular weight is 194 g/mol. The fourth-order valence-electron chi connectivity index (χ4n) is 4.41. The van der Waals surface area contributed by atoms with Gasteiger partial charge in [-0.3, -0.25) is 4.90 Å². The van der Waals surface area contributed by atoms with Crippen molar-refractivity contribution in [1.82, 2.24) is 4.90 Å². The van der Waals surface area contributed by atoms with Gasteiger partial charge in [0.2, 0.25) is 0 Å². The fourth-order valence-corrected chi connectivity index (χ4v) is 4.41. The first-order valence-corrected chi connectivity index (χ1v) is 6.25. The number of hydrogen-bond donors (Lipinski definition) is 1. The number of hydrogen-bond acceptors (Lipinski definition) is 2. The predicted molar refractivity (Wildman–Crippen MR) is 58.0 cm³/mol. The molecule has 0 aromatic carbocycles. The van der Waals surface area contributed by atoms with Gasteiger partial charge in [-0.2, -0.15) is 0 Å². The zero-order valence-corrected chi connectivity index (χ0v) is 9.15. The Bertz CT molecular complexity index is 198. The van der Waals surface area contributed by atoms with E-state index in [1.54, 1.807) is 0 Å². The van der Waals surface area contributed by atoms with E-state index in [0.717, 1.165) is 30.5 Å². The Morgan fingerprint density at radius 2 is 1.57 bits per heavy atom. The van der Waals surface area contributed by atoms with Gasteiger partial charge in [0.15, 0.2) is 0 Å². The standard InChI is InChI=1S/C12H22N2/c1-8(7-13)14-11-3-9-2-10(5-11)6-12(14)4-9/h8-12H,2-7,13H2,1H3. The maximum atomic E-state index is 5.81. The lowest BCUT2D eigenvalue weighted by molar-refractivity contribution is -0.0766.